The number of para-hydroxylation sites is 1. The minimum atomic E-state index is -4.07. The minimum Gasteiger partial charge on any atom is -0.246 e. The number of nitrogens with zero attached hydrogens (tertiary/aromatic N) is 2. The third-order valence-corrected chi connectivity index (χ3v) is 3.00. The van der Waals surface area contributed by atoms with E-state index in [1.165, 1.54) is 0 Å². The monoisotopic (exact) mass is 259 g/mol. The highest BCUT2D eigenvalue weighted by molar-refractivity contribution is 8.13. The Hall–Kier alpha value is -1.60. The van der Waals surface area contributed by atoms with E-state index >= 15 is 0 Å². The summed E-state index contributed by atoms with van der Waals surface area (Å²) < 4.78 is 23.2. The van der Waals surface area contributed by atoms with E-state index in [9.17, 15) is 13.2 Å². The van der Waals surface area contributed by atoms with E-state index in [2.05, 4.69) is 5.10 Å². The van der Waals surface area contributed by atoms with Gasteiger partial charge in [0.2, 0.25) is 0 Å². The minimum absolute atomic E-state index is 0.375. The average Bonchev–Trinajstić information content (AvgIpc) is 2.61. The highest BCUT2D eigenvalue weighted by Crippen LogP contribution is 2.14. The molecule has 6 nitrogen and oxygen atoms in total. The number of aromatic nitrogens is 3. The lowest BCUT2D eigenvalue weighted by Crippen LogP contribution is -2.17. The van der Waals surface area contributed by atoms with Crippen LogP contribution in [0, 0.1) is 0 Å². The molecule has 16 heavy (non-hydrogen) atoms. The summed E-state index contributed by atoms with van der Waals surface area (Å²) >= 11 is 0. The van der Waals surface area contributed by atoms with Gasteiger partial charge in [-0.2, -0.15) is 0 Å². The van der Waals surface area contributed by atoms with E-state index in [0.29, 0.717) is 5.69 Å². The molecule has 1 N–H and O–H groups in total. The molecule has 0 aliphatic rings. The van der Waals surface area contributed by atoms with Gasteiger partial charge in [-0.3, -0.25) is 0 Å². The van der Waals surface area contributed by atoms with Crippen molar-refractivity contribution in [1.29, 1.82) is 0 Å². The number of hydrogen-bond donors (Lipinski definition) is 1. The first kappa shape index (κ1) is 10.9. The molecule has 1 heterocycles. The third-order valence-electron chi connectivity index (χ3n) is 1.87. The molecule has 0 fully saturated rings. The number of rotatable bonds is 2. The number of H-pyrrole nitrogens is 1. The van der Waals surface area contributed by atoms with Crippen LogP contribution in [-0.2, 0) is 9.05 Å². The maximum absolute atomic E-state index is 11.4. The van der Waals surface area contributed by atoms with Crippen molar-refractivity contribution in [3.05, 3.63) is 40.8 Å². The van der Waals surface area contributed by atoms with Crippen LogP contribution < -0.4 is 5.69 Å². The lowest BCUT2D eigenvalue weighted by molar-refractivity contribution is 0.597. The summed E-state index contributed by atoms with van der Waals surface area (Å²) in [6.07, 6.45) is 0. The molecule has 0 aliphatic heterocycles. The van der Waals surface area contributed by atoms with Crippen LogP contribution in [0.5, 0.6) is 0 Å². The number of aromatic amines is 1. The van der Waals surface area contributed by atoms with Crippen LogP contribution in [0.2, 0.25) is 0 Å². The fourth-order valence-corrected chi connectivity index (χ4v) is 2.12. The highest BCUT2D eigenvalue weighted by atomic mass is 35.7. The van der Waals surface area contributed by atoms with E-state index in [1.54, 1.807) is 30.3 Å². The van der Waals surface area contributed by atoms with Crippen LogP contribution in [-0.4, -0.2) is 23.2 Å². The van der Waals surface area contributed by atoms with E-state index in [0.717, 1.165) is 4.57 Å². The second-order valence-electron chi connectivity index (χ2n) is 2.92. The zero-order valence-corrected chi connectivity index (χ0v) is 9.36. The summed E-state index contributed by atoms with van der Waals surface area (Å²) in [5.74, 6) is 0. The standard InChI is InChI=1S/C8H6ClN3O3S/c9-16(14,15)8-11-10-7(13)12(8)6-4-2-1-3-5-6/h1-5H,(H,10,13). The predicted octanol–water partition coefficient (Wildman–Crippen LogP) is 0.488. The van der Waals surface area contributed by atoms with E-state index < -0.39 is 19.9 Å². The lowest BCUT2D eigenvalue weighted by atomic mass is 10.3. The van der Waals surface area contributed by atoms with Crippen molar-refractivity contribution in [2.75, 3.05) is 0 Å². The van der Waals surface area contributed by atoms with Crippen molar-refractivity contribution >= 4 is 19.7 Å². The summed E-state index contributed by atoms with van der Waals surface area (Å²) in [5.41, 5.74) is -0.286. The Morgan fingerprint density at radius 2 is 1.88 bits per heavy atom. The Kier molecular flexibility index (Phi) is 2.56. The molecule has 2 aromatic rings. The fourth-order valence-electron chi connectivity index (χ4n) is 1.25. The first-order chi connectivity index (χ1) is 7.50. The van der Waals surface area contributed by atoms with E-state index in [4.69, 9.17) is 10.7 Å². The zero-order valence-electron chi connectivity index (χ0n) is 7.79. The van der Waals surface area contributed by atoms with Gasteiger partial charge in [-0.1, -0.05) is 18.2 Å². The summed E-state index contributed by atoms with van der Waals surface area (Å²) in [4.78, 5) is 11.4. The van der Waals surface area contributed by atoms with Gasteiger partial charge >= 0.3 is 5.69 Å². The molecule has 0 unspecified atom stereocenters. The summed E-state index contributed by atoms with van der Waals surface area (Å²) in [5, 5.41) is 4.88. The van der Waals surface area contributed by atoms with Gasteiger partial charge in [0.15, 0.2) is 0 Å². The van der Waals surface area contributed by atoms with Gasteiger partial charge in [-0.05, 0) is 12.1 Å². The molecule has 0 saturated heterocycles. The highest BCUT2D eigenvalue weighted by Gasteiger charge is 2.21. The Balaban J connectivity index is 2.76. The molecule has 8 heteroatoms. The quantitative estimate of drug-likeness (QED) is 0.796. The number of nitrogens with one attached hydrogen (secondary N) is 1. The van der Waals surface area contributed by atoms with Crippen LogP contribution in [0.15, 0.2) is 40.3 Å². The van der Waals surface area contributed by atoms with Crippen LogP contribution in [0.25, 0.3) is 5.69 Å². The first-order valence-electron chi connectivity index (χ1n) is 4.17. The van der Waals surface area contributed by atoms with Gasteiger partial charge in [-0.15, -0.1) is 5.10 Å². The second-order valence-corrected chi connectivity index (χ2v) is 5.38. The Bertz CT molecular complexity index is 659. The van der Waals surface area contributed by atoms with Gasteiger partial charge in [0, 0.05) is 10.7 Å². The topological polar surface area (TPSA) is 84.8 Å². The Labute approximate surface area is 94.9 Å². The average molecular weight is 260 g/mol. The van der Waals surface area contributed by atoms with Crippen LogP contribution in [0.4, 0.5) is 0 Å². The molecular weight excluding hydrogens is 254 g/mol. The molecule has 2 rings (SSSR count). The van der Waals surface area contributed by atoms with Gasteiger partial charge in [-0.25, -0.2) is 22.9 Å². The zero-order chi connectivity index (χ0) is 11.8. The molecule has 0 spiro atoms. The van der Waals surface area contributed by atoms with Crippen molar-refractivity contribution in [1.82, 2.24) is 14.8 Å². The summed E-state index contributed by atoms with van der Waals surface area (Å²) in [7, 11) is 1.09. The molecule has 0 aliphatic carbocycles. The molecule has 0 amide bonds. The molecule has 0 saturated carbocycles. The third kappa shape index (κ3) is 1.86. The molecule has 84 valence electrons. The predicted molar refractivity (Wildman–Crippen MR) is 57.2 cm³/mol. The SMILES string of the molecule is O=c1[nH]nc(S(=O)(=O)Cl)n1-c1ccccc1. The Morgan fingerprint density at radius 1 is 1.25 bits per heavy atom. The molecule has 0 atom stereocenters. The summed E-state index contributed by atoms with van der Waals surface area (Å²) in [6, 6.07) is 8.22. The maximum atomic E-state index is 11.4. The number of hydrogen-bond acceptors (Lipinski definition) is 4. The molecule has 1 aromatic carbocycles. The Morgan fingerprint density at radius 3 is 2.44 bits per heavy atom. The smallest absolute Gasteiger partial charge is 0.246 e. The molecular formula is C8H6ClN3O3S. The van der Waals surface area contributed by atoms with Crippen molar-refractivity contribution in [3.63, 3.8) is 0 Å². The van der Waals surface area contributed by atoms with Gasteiger partial charge in [0.05, 0.1) is 5.69 Å². The fraction of sp³-hybridized carbons (Fsp3) is 0. The molecule has 0 radical (unpaired) electrons. The lowest BCUT2D eigenvalue weighted by Gasteiger charge is -2.01. The largest absolute Gasteiger partial charge is 0.348 e. The van der Waals surface area contributed by atoms with Crippen molar-refractivity contribution < 1.29 is 8.42 Å². The maximum Gasteiger partial charge on any atom is 0.348 e. The first-order valence-corrected chi connectivity index (χ1v) is 6.48. The van der Waals surface area contributed by atoms with Crippen LogP contribution in [0.3, 0.4) is 0 Å². The normalized spacial score (nSPS) is 11.6. The van der Waals surface area contributed by atoms with Crippen molar-refractivity contribution in [2.24, 2.45) is 0 Å². The van der Waals surface area contributed by atoms with Gasteiger partial charge in [0.1, 0.15) is 0 Å². The van der Waals surface area contributed by atoms with Gasteiger partial charge < -0.3 is 0 Å². The van der Waals surface area contributed by atoms with Gasteiger partial charge in [0.25, 0.3) is 14.2 Å². The van der Waals surface area contributed by atoms with Crippen molar-refractivity contribution in [2.45, 2.75) is 5.16 Å². The number of halogens is 1. The van der Waals surface area contributed by atoms with E-state index in [1.807, 2.05) is 5.10 Å². The molecule has 1 aromatic heterocycles. The van der Waals surface area contributed by atoms with Crippen molar-refractivity contribution in [3.8, 4) is 5.69 Å². The second kappa shape index (κ2) is 3.76. The summed E-state index contributed by atoms with van der Waals surface area (Å²) in [6.45, 7) is 0. The molecule has 0 bridgehead atoms. The van der Waals surface area contributed by atoms with E-state index in [-0.39, 0.29) is 0 Å². The van der Waals surface area contributed by atoms with Crippen LogP contribution >= 0.6 is 10.7 Å². The van der Waals surface area contributed by atoms with Crippen LogP contribution in [0.1, 0.15) is 0 Å². The number of benzene rings is 1.